The van der Waals surface area contributed by atoms with Crippen LogP contribution in [0.25, 0.3) is 16.7 Å². The van der Waals surface area contributed by atoms with Crippen LogP contribution >= 0.6 is 23.2 Å². The van der Waals surface area contributed by atoms with E-state index in [0.717, 1.165) is 0 Å². The van der Waals surface area contributed by atoms with Crippen molar-refractivity contribution in [2.45, 2.75) is 0 Å². The van der Waals surface area contributed by atoms with Gasteiger partial charge in [-0.25, -0.2) is 4.98 Å². The second kappa shape index (κ2) is 6.92. The number of allylic oxidation sites excluding steroid dienone is 1. The minimum absolute atomic E-state index is 0.0846. The molecule has 7 nitrogen and oxygen atoms in total. The number of benzene rings is 2. The maximum absolute atomic E-state index is 11.4. The van der Waals surface area contributed by atoms with Gasteiger partial charge in [0.1, 0.15) is 5.52 Å². The van der Waals surface area contributed by atoms with Crippen LogP contribution in [0.5, 0.6) is 0 Å². The van der Waals surface area contributed by atoms with Gasteiger partial charge < -0.3 is 9.73 Å². The predicted octanol–water partition coefficient (Wildman–Crippen LogP) is 4.69. The zero-order valence-corrected chi connectivity index (χ0v) is 13.9. The summed E-state index contributed by atoms with van der Waals surface area (Å²) in [6, 6.07) is 8.82. The number of non-ortho nitro benzene ring substituents is 1. The Balaban J connectivity index is 1.93. The molecule has 0 amide bonds. The van der Waals surface area contributed by atoms with E-state index in [4.69, 9.17) is 27.6 Å². The van der Waals surface area contributed by atoms with E-state index in [1.54, 1.807) is 18.2 Å². The van der Waals surface area contributed by atoms with Gasteiger partial charge in [0.25, 0.3) is 5.69 Å². The number of oxazole rings is 1. The van der Waals surface area contributed by atoms with Crippen LogP contribution in [0.2, 0.25) is 10.0 Å². The summed E-state index contributed by atoms with van der Waals surface area (Å²) in [5, 5.41) is 14.3. The van der Waals surface area contributed by atoms with Crippen molar-refractivity contribution in [3.63, 3.8) is 0 Å². The van der Waals surface area contributed by atoms with Gasteiger partial charge in [0.15, 0.2) is 11.9 Å². The number of anilines is 1. The number of aldehydes is 1. The van der Waals surface area contributed by atoms with E-state index < -0.39 is 4.92 Å². The van der Waals surface area contributed by atoms with Gasteiger partial charge in [0.05, 0.1) is 21.2 Å². The van der Waals surface area contributed by atoms with Crippen LogP contribution in [0.4, 0.5) is 11.4 Å². The second-order valence-electron chi connectivity index (χ2n) is 4.91. The molecule has 0 aliphatic rings. The quantitative estimate of drug-likeness (QED) is 0.299. The number of nitrogens with zero attached hydrogens (tertiary/aromatic N) is 2. The van der Waals surface area contributed by atoms with Crippen LogP contribution in [0.15, 0.2) is 47.0 Å². The minimum Gasteiger partial charge on any atom is -0.436 e. The molecule has 9 heteroatoms. The third-order valence-corrected chi connectivity index (χ3v) is 3.83. The van der Waals surface area contributed by atoms with E-state index in [1.807, 2.05) is 0 Å². The van der Waals surface area contributed by atoms with Gasteiger partial charge in [0, 0.05) is 23.4 Å². The summed E-state index contributed by atoms with van der Waals surface area (Å²) in [5.74, 6) is 0.0846. The number of hydrogen-bond donors (Lipinski definition) is 1. The van der Waals surface area contributed by atoms with Crippen LogP contribution < -0.4 is 5.32 Å². The molecule has 0 aliphatic carbocycles. The van der Waals surface area contributed by atoms with E-state index in [-0.39, 0.29) is 27.9 Å². The maximum Gasteiger partial charge on any atom is 0.271 e. The Morgan fingerprint density at radius 1 is 1.24 bits per heavy atom. The molecule has 3 aromatic rings. The molecule has 0 aliphatic heterocycles. The fourth-order valence-electron chi connectivity index (χ4n) is 2.06. The van der Waals surface area contributed by atoms with Crippen molar-refractivity contribution in [1.29, 1.82) is 0 Å². The Morgan fingerprint density at radius 2 is 2.04 bits per heavy atom. The lowest BCUT2D eigenvalue weighted by molar-refractivity contribution is -0.384. The van der Waals surface area contributed by atoms with E-state index >= 15 is 0 Å². The lowest BCUT2D eigenvalue weighted by Crippen LogP contribution is -1.96. The number of halogens is 2. The smallest absolute Gasteiger partial charge is 0.271 e. The van der Waals surface area contributed by atoms with Gasteiger partial charge in [0.2, 0.25) is 5.89 Å². The minimum atomic E-state index is -0.545. The van der Waals surface area contributed by atoms with Gasteiger partial charge in [-0.05, 0) is 24.3 Å². The number of nitro groups is 1. The molecule has 25 heavy (non-hydrogen) atoms. The SMILES string of the molecule is O=C/C(=C/Nc1cc([N+](=O)[O-])ccc1Cl)c1nc2cc(Cl)ccc2o1. The molecule has 0 fully saturated rings. The predicted molar refractivity (Wildman–Crippen MR) is 94.8 cm³/mol. The summed E-state index contributed by atoms with van der Waals surface area (Å²) in [6.07, 6.45) is 1.86. The van der Waals surface area contributed by atoms with Crippen molar-refractivity contribution in [3.8, 4) is 0 Å². The lowest BCUT2D eigenvalue weighted by atomic mass is 10.2. The van der Waals surface area contributed by atoms with E-state index in [2.05, 4.69) is 10.3 Å². The van der Waals surface area contributed by atoms with Crippen molar-refractivity contribution >= 4 is 57.5 Å². The highest BCUT2D eigenvalue weighted by atomic mass is 35.5. The van der Waals surface area contributed by atoms with Crippen molar-refractivity contribution in [1.82, 2.24) is 4.98 Å². The molecule has 0 atom stereocenters. The molecule has 2 aromatic carbocycles. The molecular weight excluding hydrogens is 369 g/mol. The molecule has 0 radical (unpaired) electrons. The van der Waals surface area contributed by atoms with Gasteiger partial charge in [-0.15, -0.1) is 0 Å². The number of fused-ring (bicyclic) bond motifs is 1. The maximum atomic E-state index is 11.4. The molecular formula is C16H9Cl2N3O4. The zero-order valence-electron chi connectivity index (χ0n) is 12.4. The largest absolute Gasteiger partial charge is 0.436 e. The Bertz CT molecular complexity index is 1010. The molecule has 126 valence electrons. The van der Waals surface area contributed by atoms with Gasteiger partial charge >= 0.3 is 0 Å². The van der Waals surface area contributed by atoms with Gasteiger partial charge in [-0.1, -0.05) is 23.2 Å². The summed E-state index contributed by atoms with van der Waals surface area (Å²) >= 11 is 11.9. The number of nitrogens with one attached hydrogen (secondary N) is 1. The number of nitro benzene ring substituents is 1. The monoisotopic (exact) mass is 377 g/mol. The van der Waals surface area contributed by atoms with E-state index in [0.29, 0.717) is 22.4 Å². The van der Waals surface area contributed by atoms with E-state index in [1.165, 1.54) is 24.4 Å². The molecule has 0 bridgehead atoms. The molecule has 1 N–H and O–H groups in total. The first-order valence-electron chi connectivity index (χ1n) is 6.90. The zero-order chi connectivity index (χ0) is 18.0. The van der Waals surface area contributed by atoms with E-state index in [9.17, 15) is 14.9 Å². The topological polar surface area (TPSA) is 98.3 Å². The Hall–Kier alpha value is -2.90. The van der Waals surface area contributed by atoms with Crippen LogP contribution in [0, 0.1) is 10.1 Å². The fraction of sp³-hybridized carbons (Fsp3) is 0. The van der Waals surface area contributed by atoms with Crippen LogP contribution in [0.1, 0.15) is 5.89 Å². The normalized spacial score (nSPS) is 11.5. The average molecular weight is 378 g/mol. The van der Waals surface area contributed by atoms with Crippen LogP contribution in [0.3, 0.4) is 0 Å². The van der Waals surface area contributed by atoms with Crippen LogP contribution in [-0.4, -0.2) is 16.2 Å². The fourth-order valence-corrected chi connectivity index (χ4v) is 2.40. The van der Waals surface area contributed by atoms with Crippen molar-refractivity contribution in [2.75, 3.05) is 5.32 Å². The second-order valence-corrected chi connectivity index (χ2v) is 5.76. The standard InChI is InChI=1S/C16H9Cl2N3O4/c17-10-1-4-15-14(5-10)20-16(25-15)9(8-22)7-19-13-6-11(21(23)24)2-3-12(13)18/h1-8,19H/b9-7-. The van der Waals surface area contributed by atoms with Crippen LogP contribution in [-0.2, 0) is 4.79 Å². The molecule has 0 saturated carbocycles. The lowest BCUT2D eigenvalue weighted by Gasteiger charge is -2.04. The Morgan fingerprint density at radius 3 is 2.76 bits per heavy atom. The molecule has 1 heterocycles. The summed E-state index contributed by atoms with van der Waals surface area (Å²) in [6.45, 7) is 0. The molecule has 1 aromatic heterocycles. The highest BCUT2D eigenvalue weighted by Crippen LogP contribution is 2.28. The highest BCUT2D eigenvalue weighted by Gasteiger charge is 2.12. The first-order chi connectivity index (χ1) is 12.0. The highest BCUT2D eigenvalue weighted by molar-refractivity contribution is 6.33. The number of carbonyl (C=O) groups is 1. The Kier molecular flexibility index (Phi) is 4.69. The van der Waals surface area contributed by atoms with Gasteiger partial charge in [-0.3, -0.25) is 14.9 Å². The molecule has 3 rings (SSSR count). The molecule has 0 unspecified atom stereocenters. The average Bonchev–Trinajstić information content (AvgIpc) is 2.99. The Labute approximate surface area is 151 Å². The number of aromatic nitrogens is 1. The first-order valence-corrected chi connectivity index (χ1v) is 7.66. The summed E-state index contributed by atoms with van der Waals surface area (Å²) < 4.78 is 5.51. The number of hydrogen-bond acceptors (Lipinski definition) is 6. The summed E-state index contributed by atoms with van der Waals surface area (Å²) in [7, 11) is 0. The summed E-state index contributed by atoms with van der Waals surface area (Å²) in [4.78, 5) is 25.8. The van der Waals surface area contributed by atoms with Gasteiger partial charge in [-0.2, -0.15) is 0 Å². The van der Waals surface area contributed by atoms with Crippen molar-refractivity contribution in [3.05, 3.63) is 68.6 Å². The first kappa shape index (κ1) is 16.9. The third-order valence-electron chi connectivity index (χ3n) is 3.27. The number of carbonyl (C=O) groups excluding carboxylic acids is 1. The van der Waals surface area contributed by atoms with Crippen molar-refractivity contribution in [2.24, 2.45) is 0 Å². The number of rotatable bonds is 5. The summed E-state index contributed by atoms with van der Waals surface area (Å²) in [5.41, 5.74) is 1.22. The molecule has 0 spiro atoms. The third kappa shape index (κ3) is 3.62. The molecule has 0 saturated heterocycles. The van der Waals surface area contributed by atoms with Crippen molar-refractivity contribution < 1.29 is 14.1 Å².